The van der Waals surface area contributed by atoms with E-state index in [1.165, 1.54) is 0 Å². The summed E-state index contributed by atoms with van der Waals surface area (Å²) in [5.74, 6) is -0.148. The van der Waals surface area contributed by atoms with Gasteiger partial charge in [0.05, 0.1) is 5.69 Å². The van der Waals surface area contributed by atoms with Gasteiger partial charge in [0.15, 0.2) is 0 Å². The standard InChI is InChI=1S/C14H8BrClN2O3/c15-9-1-5-11(6-2-9)18-14(19)21-13(17-18)20-12-7-3-10(16)4-8-12/h1-8H. The van der Waals surface area contributed by atoms with Crippen molar-refractivity contribution >= 4 is 27.5 Å². The highest BCUT2D eigenvalue weighted by Crippen LogP contribution is 2.21. The minimum atomic E-state index is -0.624. The highest BCUT2D eigenvalue weighted by Gasteiger charge is 2.11. The first kappa shape index (κ1) is 13.9. The van der Waals surface area contributed by atoms with Crippen LogP contribution in [-0.2, 0) is 0 Å². The van der Waals surface area contributed by atoms with Crippen LogP contribution in [0.2, 0.25) is 5.02 Å². The summed E-state index contributed by atoms with van der Waals surface area (Å²) in [6.07, 6.45) is -0.134. The molecule has 7 heteroatoms. The summed E-state index contributed by atoms with van der Waals surface area (Å²) in [4.78, 5) is 11.8. The number of aromatic nitrogens is 2. The Hall–Kier alpha value is -2.05. The third-order valence-electron chi connectivity index (χ3n) is 2.62. The number of nitrogens with zero attached hydrogens (tertiary/aromatic N) is 2. The molecule has 0 amide bonds. The van der Waals surface area contributed by atoms with Crippen LogP contribution in [0.1, 0.15) is 0 Å². The van der Waals surface area contributed by atoms with Gasteiger partial charge in [-0.15, -0.1) is 0 Å². The normalized spacial score (nSPS) is 10.6. The van der Waals surface area contributed by atoms with Crippen LogP contribution in [0.15, 0.2) is 62.2 Å². The van der Waals surface area contributed by atoms with Crippen LogP contribution in [-0.4, -0.2) is 9.78 Å². The molecular formula is C14H8BrClN2O3. The van der Waals surface area contributed by atoms with Gasteiger partial charge >= 0.3 is 11.8 Å². The summed E-state index contributed by atoms with van der Waals surface area (Å²) in [6.45, 7) is 0. The number of ether oxygens (including phenoxy) is 1. The van der Waals surface area contributed by atoms with Gasteiger partial charge in [0.25, 0.3) is 0 Å². The van der Waals surface area contributed by atoms with E-state index in [9.17, 15) is 4.79 Å². The molecule has 0 spiro atoms. The number of hydrogen-bond donors (Lipinski definition) is 0. The molecule has 5 nitrogen and oxygen atoms in total. The van der Waals surface area contributed by atoms with Gasteiger partial charge in [-0.2, -0.15) is 4.68 Å². The van der Waals surface area contributed by atoms with Gasteiger partial charge in [-0.3, -0.25) is 0 Å². The highest BCUT2D eigenvalue weighted by molar-refractivity contribution is 9.10. The molecule has 106 valence electrons. The summed E-state index contributed by atoms with van der Waals surface area (Å²) in [7, 11) is 0. The minimum absolute atomic E-state index is 0.134. The fourth-order valence-electron chi connectivity index (χ4n) is 1.65. The summed E-state index contributed by atoms with van der Waals surface area (Å²) in [5, 5.41) is 4.58. The lowest BCUT2D eigenvalue weighted by Gasteiger charge is -1.99. The van der Waals surface area contributed by atoms with Gasteiger partial charge in [-0.1, -0.05) is 32.6 Å². The van der Waals surface area contributed by atoms with Crippen LogP contribution in [0.4, 0.5) is 0 Å². The Bertz CT molecular complexity index is 809. The van der Waals surface area contributed by atoms with Crippen LogP contribution < -0.4 is 10.5 Å². The molecule has 3 rings (SSSR count). The Morgan fingerprint density at radius 3 is 2.43 bits per heavy atom. The van der Waals surface area contributed by atoms with E-state index >= 15 is 0 Å². The number of rotatable bonds is 3. The van der Waals surface area contributed by atoms with Gasteiger partial charge < -0.3 is 9.15 Å². The van der Waals surface area contributed by atoms with Crippen molar-refractivity contribution in [2.75, 3.05) is 0 Å². The molecule has 0 aliphatic rings. The van der Waals surface area contributed by atoms with Crippen molar-refractivity contribution in [2.24, 2.45) is 0 Å². The predicted molar refractivity (Wildman–Crippen MR) is 81.3 cm³/mol. The lowest BCUT2D eigenvalue weighted by atomic mass is 10.3. The first-order chi connectivity index (χ1) is 10.1. The molecular weight excluding hydrogens is 360 g/mol. The summed E-state index contributed by atoms with van der Waals surface area (Å²) in [5.41, 5.74) is 0.581. The third-order valence-corrected chi connectivity index (χ3v) is 3.40. The topological polar surface area (TPSA) is 57.3 Å². The summed E-state index contributed by atoms with van der Waals surface area (Å²) < 4.78 is 12.4. The van der Waals surface area contributed by atoms with Crippen molar-refractivity contribution in [2.45, 2.75) is 0 Å². The first-order valence-electron chi connectivity index (χ1n) is 5.91. The van der Waals surface area contributed by atoms with Crippen LogP contribution in [0, 0.1) is 0 Å². The molecule has 0 atom stereocenters. The zero-order valence-electron chi connectivity index (χ0n) is 10.5. The maximum Gasteiger partial charge on any atom is 0.444 e. The van der Waals surface area contributed by atoms with E-state index in [0.29, 0.717) is 16.5 Å². The molecule has 1 aromatic heterocycles. The van der Waals surface area contributed by atoms with Crippen molar-refractivity contribution in [1.29, 1.82) is 0 Å². The maximum absolute atomic E-state index is 11.8. The highest BCUT2D eigenvalue weighted by atomic mass is 79.9. The Morgan fingerprint density at radius 1 is 1.10 bits per heavy atom. The Balaban J connectivity index is 1.89. The average molecular weight is 368 g/mol. The second-order valence-electron chi connectivity index (χ2n) is 4.08. The van der Waals surface area contributed by atoms with Crippen molar-refractivity contribution in [3.63, 3.8) is 0 Å². The van der Waals surface area contributed by atoms with Gasteiger partial charge in [0, 0.05) is 9.50 Å². The molecule has 0 unspecified atom stereocenters. The van der Waals surface area contributed by atoms with Gasteiger partial charge in [-0.25, -0.2) is 4.79 Å². The van der Waals surface area contributed by atoms with E-state index in [1.54, 1.807) is 48.5 Å². The predicted octanol–water partition coefficient (Wildman–Crippen LogP) is 4.03. The Morgan fingerprint density at radius 2 is 1.76 bits per heavy atom. The molecule has 21 heavy (non-hydrogen) atoms. The van der Waals surface area contributed by atoms with Crippen LogP contribution in [0.5, 0.6) is 11.8 Å². The minimum Gasteiger partial charge on any atom is -0.410 e. The zero-order chi connectivity index (χ0) is 14.8. The van der Waals surface area contributed by atoms with Gasteiger partial charge in [-0.05, 0) is 48.5 Å². The molecule has 1 heterocycles. The molecule has 0 saturated heterocycles. The first-order valence-corrected chi connectivity index (χ1v) is 7.08. The summed E-state index contributed by atoms with van der Waals surface area (Å²) in [6, 6.07) is 13.7. The quantitative estimate of drug-likeness (QED) is 0.701. The molecule has 2 aromatic carbocycles. The fourth-order valence-corrected chi connectivity index (χ4v) is 2.04. The number of halogens is 2. The van der Waals surface area contributed by atoms with E-state index < -0.39 is 5.76 Å². The lowest BCUT2D eigenvalue weighted by molar-refractivity contribution is 0.320. The van der Waals surface area contributed by atoms with E-state index in [0.717, 1.165) is 9.15 Å². The third kappa shape index (κ3) is 3.17. The molecule has 0 saturated carbocycles. The molecule has 0 aliphatic carbocycles. The number of hydrogen-bond acceptors (Lipinski definition) is 4. The fraction of sp³-hybridized carbons (Fsp3) is 0. The molecule has 3 aromatic rings. The van der Waals surface area contributed by atoms with Crippen LogP contribution in [0.25, 0.3) is 5.69 Å². The van der Waals surface area contributed by atoms with E-state index in [4.69, 9.17) is 20.8 Å². The average Bonchev–Trinajstić information content (AvgIpc) is 2.83. The summed E-state index contributed by atoms with van der Waals surface area (Å²) >= 11 is 9.11. The second-order valence-corrected chi connectivity index (χ2v) is 5.43. The molecule has 0 radical (unpaired) electrons. The monoisotopic (exact) mass is 366 g/mol. The van der Waals surface area contributed by atoms with Crippen molar-refractivity contribution in [3.8, 4) is 17.5 Å². The van der Waals surface area contributed by atoms with Crippen LogP contribution in [0.3, 0.4) is 0 Å². The van der Waals surface area contributed by atoms with Crippen molar-refractivity contribution in [3.05, 3.63) is 68.6 Å². The maximum atomic E-state index is 11.8. The lowest BCUT2D eigenvalue weighted by Crippen LogP contribution is -2.13. The SMILES string of the molecule is O=c1oc(Oc2ccc(Cl)cc2)nn1-c1ccc(Br)cc1. The molecule has 0 aliphatic heterocycles. The van der Waals surface area contributed by atoms with E-state index in [-0.39, 0.29) is 6.08 Å². The Kier molecular flexibility index (Phi) is 3.81. The van der Waals surface area contributed by atoms with E-state index in [2.05, 4.69) is 21.0 Å². The van der Waals surface area contributed by atoms with Crippen molar-refractivity contribution in [1.82, 2.24) is 9.78 Å². The molecule has 0 fully saturated rings. The smallest absolute Gasteiger partial charge is 0.410 e. The number of benzene rings is 2. The van der Waals surface area contributed by atoms with Gasteiger partial charge in [0.2, 0.25) is 0 Å². The molecule has 0 bridgehead atoms. The largest absolute Gasteiger partial charge is 0.444 e. The second kappa shape index (κ2) is 5.75. The van der Waals surface area contributed by atoms with Gasteiger partial charge in [0.1, 0.15) is 5.75 Å². The van der Waals surface area contributed by atoms with Crippen LogP contribution >= 0.6 is 27.5 Å². The molecule has 0 N–H and O–H groups in total. The van der Waals surface area contributed by atoms with Crippen molar-refractivity contribution < 1.29 is 9.15 Å². The Labute approximate surface area is 132 Å². The van der Waals surface area contributed by atoms with E-state index in [1.807, 2.05) is 0 Å². The zero-order valence-corrected chi connectivity index (χ0v) is 12.8.